The Balaban J connectivity index is 2.54. The first-order valence-corrected chi connectivity index (χ1v) is 5.64. The van der Waals surface area contributed by atoms with E-state index in [1.807, 2.05) is 13.0 Å². The van der Waals surface area contributed by atoms with Gasteiger partial charge >= 0.3 is 6.09 Å². The molecule has 0 bridgehead atoms. The second-order valence-corrected chi connectivity index (χ2v) is 5.06. The van der Waals surface area contributed by atoms with Crippen LogP contribution in [0.3, 0.4) is 0 Å². The Kier molecular flexibility index (Phi) is 4.37. The van der Waals surface area contributed by atoms with Crippen LogP contribution in [-0.2, 0) is 4.74 Å². The lowest BCUT2D eigenvalue weighted by molar-refractivity contribution is 0.138. The van der Waals surface area contributed by atoms with Gasteiger partial charge in [0.15, 0.2) is 0 Å². The van der Waals surface area contributed by atoms with Gasteiger partial charge in [-0.1, -0.05) is 17.7 Å². The van der Waals surface area contributed by atoms with Crippen LogP contribution in [0.25, 0.3) is 0 Å². The molecule has 4 nitrogen and oxygen atoms in total. The maximum Gasteiger partial charge on any atom is 0.411 e. The van der Waals surface area contributed by atoms with Crippen molar-refractivity contribution in [2.24, 2.45) is 5.73 Å². The molecule has 1 aromatic rings. The molecule has 5 heteroatoms. The van der Waals surface area contributed by atoms with Gasteiger partial charge in [0.1, 0.15) is 6.61 Å². The van der Waals surface area contributed by atoms with Gasteiger partial charge in [0.2, 0.25) is 0 Å². The highest BCUT2D eigenvalue weighted by Gasteiger charge is 2.14. The zero-order valence-electron chi connectivity index (χ0n) is 10.2. The minimum atomic E-state index is -0.539. The molecule has 3 N–H and O–H groups in total. The maximum absolute atomic E-state index is 11.4. The molecule has 0 saturated heterocycles. The molecule has 1 rings (SSSR count). The summed E-state index contributed by atoms with van der Waals surface area (Å²) < 4.78 is 4.96. The molecular weight excluding hydrogens is 240 g/mol. The fraction of sp³-hybridized carbons (Fsp3) is 0.417. The lowest BCUT2D eigenvalue weighted by atomic mass is 10.1. The second kappa shape index (κ2) is 5.38. The monoisotopic (exact) mass is 256 g/mol. The van der Waals surface area contributed by atoms with Gasteiger partial charge in [0, 0.05) is 16.2 Å². The average molecular weight is 257 g/mol. The normalized spacial score (nSPS) is 11.1. The molecule has 0 unspecified atom stereocenters. The Morgan fingerprint density at radius 1 is 1.53 bits per heavy atom. The number of benzene rings is 1. The Labute approximate surface area is 106 Å². The van der Waals surface area contributed by atoms with E-state index in [1.165, 1.54) is 0 Å². The summed E-state index contributed by atoms with van der Waals surface area (Å²) in [5.41, 5.74) is 6.71. The molecule has 17 heavy (non-hydrogen) atoms. The fourth-order valence-electron chi connectivity index (χ4n) is 1.08. The Bertz CT molecular complexity index is 413. The van der Waals surface area contributed by atoms with E-state index in [4.69, 9.17) is 22.1 Å². The topological polar surface area (TPSA) is 64.3 Å². The van der Waals surface area contributed by atoms with Crippen LogP contribution in [0, 0.1) is 6.92 Å². The summed E-state index contributed by atoms with van der Waals surface area (Å²) in [6, 6.07) is 5.26. The Hall–Kier alpha value is -1.26. The molecule has 0 saturated carbocycles. The van der Waals surface area contributed by atoms with Gasteiger partial charge in [-0.25, -0.2) is 4.79 Å². The number of halogens is 1. The van der Waals surface area contributed by atoms with Gasteiger partial charge in [-0.3, -0.25) is 5.32 Å². The van der Waals surface area contributed by atoms with Crippen molar-refractivity contribution in [3.05, 3.63) is 28.8 Å². The number of ether oxygens (including phenoxy) is 1. The molecule has 0 fully saturated rings. The highest BCUT2D eigenvalue weighted by atomic mass is 35.5. The lowest BCUT2D eigenvalue weighted by Crippen LogP contribution is -2.38. The summed E-state index contributed by atoms with van der Waals surface area (Å²) in [5.74, 6) is 0. The molecule has 0 aromatic heterocycles. The first kappa shape index (κ1) is 13.8. The van der Waals surface area contributed by atoms with Crippen molar-refractivity contribution >= 4 is 23.4 Å². The average Bonchev–Trinajstić information content (AvgIpc) is 2.20. The van der Waals surface area contributed by atoms with Crippen LogP contribution in [-0.4, -0.2) is 18.2 Å². The summed E-state index contributed by atoms with van der Waals surface area (Å²) >= 11 is 5.93. The predicted molar refractivity (Wildman–Crippen MR) is 69.4 cm³/mol. The molecule has 1 amide bonds. The van der Waals surface area contributed by atoms with Gasteiger partial charge in [-0.15, -0.1) is 0 Å². The molecule has 0 aliphatic heterocycles. The van der Waals surface area contributed by atoms with Gasteiger partial charge in [-0.05, 0) is 38.5 Å². The summed E-state index contributed by atoms with van der Waals surface area (Å²) in [6.07, 6.45) is -0.538. The molecule has 0 radical (unpaired) electrons. The van der Waals surface area contributed by atoms with Crippen molar-refractivity contribution in [3.63, 3.8) is 0 Å². The SMILES string of the molecule is Cc1ccc(NC(=O)OCC(C)(C)N)cc1Cl. The minimum absolute atomic E-state index is 0.151. The standard InChI is InChI=1S/C12H17ClN2O2/c1-8-4-5-9(6-10(8)13)15-11(16)17-7-12(2,3)14/h4-6H,7,14H2,1-3H3,(H,15,16). The summed E-state index contributed by atoms with van der Waals surface area (Å²) in [7, 11) is 0. The number of carbonyl (C=O) groups excluding carboxylic acids is 1. The third kappa shape index (κ3) is 5.06. The van der Waals surface area contributed by atoms with Crippen LogP contribution in [0.15, 0.2) is 18.2 Å². The number of nitrogens with one attached hydrogen (secondary N) is 1. The molecule has 0 spiro atoms. The van der Waals surface area contributed by atoms with E-state index in [1.54, 1.807) is 26.0 Å². The van der Waals surface area contributed by atoms with E-state index in [-0.39, 0.29) is 6.61 Å². The number of hydrogen-bond acceptors (Lipinski definition) is 3. The van der Waals surface area contributed by atoms with E-state index in [0.29, 0.717) is 10.7 Å². The van der Waals surface area contributed by atoms with Gasteiger partial charge < -0.3 is 10.5 Å². The number of carbonyl (C=O) groups is 1. The molecule has 0 heterocycles. The number of amides is 1. The molecular formula is C12H17ClN2O2. The zero-order valence-corrected chi connectivity index (χ0v) is 11.0. The van der Waals surface area contributed by atoms with Crippen molar-refractivity contribution in [3.8, 4) is 0 Å². The van der Waals surface area contributed by atoms with Crippen LogP contribution in [0.2, 0.25) is 5.02 Å². The Morgan fingerprint density at radius 2 is 2.18 bits per heavy atom. The quantitative estimate of drug-likeness (QED) is 0.874. The second-order valence-electron chi connectivity index (χ2n) is 4.65. The van der Waals surface area contributed by atoms with Crippen LogP contribution in [0.5, 0.6) is 0 Å². The number of aryl methyl sites for hydroxylation is 1. The van der Waals surface area contributed by atoms with E-state index in [9.17, 15) is 4.79 Å². The van der Waals surface area contributed by atoms with Crippen molar-refractivity contribution < 1.29 is 9.53 Å². The first-order valence-electron chi connectivity index (χ1n) is 5.27. The molecule has 0 aliphatic rings. The number of rotatable bonds is 3. The molecule has 94 valence electrons. The highest BCUT2D eigenvalue weighted by Crippen LogP contribution is 2.20. The van der Waals surface area contributed by atoms with Crippen molar-refractivity contribution in [1.29, 1.82) is 0 Å². The number of nitrogens with two attached hydrogens (primary N) is 1. The third-order valence-electron chi connectivity index (χ3n) is 1.99. The fourth-order valence-corrected chi connectivity index (χ4v) is 1.26. The number of hydrogen-bond donors (Lipinski definition) is 2. The van der Waals surface area contributed by atoms with Crippen LogP contribution in [0.4, 0.5) is 10.5 Å². The van der Waals surface area contributed by atoms with Gasteiger partial charge in [-0.2, -0.15) is 0 Å². The van der Waals surface area contributed by atoms with Crippen molar-refractivity contribution in [2.75, 3.05) is 11.9 Å². The van der Waals surface area contributed by atoms with Crippen LogP contribution >= 0.6 is 11.6 Å². The summed E-state index contributed by atoms with van der Waals surface area (Å²) in [6.45, 7) is 5.60. The van der Waals surface area contributed by atoms with Gasteiger partial charge in [0.25, 0.3) is 0 Å². The third-order valence-corrected chi connectivity index (χ3v) is 2.40. The minimum Gasteiger partial charge on any atom is -0.447 e. The highest BCUT2D eigenvalue weighted by molar-refractivity contribution is 6.31. The van der Waals surface area contributed by atoms with Crippen LogP contribution in [0.1, 0.15) is 19.4 Å². The summed E-state index contributed by atoms with van der Waals surface area (Å²) in [4.78, 5) is 11.4. The summed E-state index contributed by atoms with van der Waals surface area (Å²) in [5, 5.41) is 3.18. The largest absolute Gasteiger partial charge is 0.447 e. The molecule has 0 atom stereocenters. The van der Waals surface area contributed by atoms with Gasteiger partial charge in [0.05, 0.1) is 0 Å². The van der Waals surface area contributed by atoms with E-state index in [2.05, 4.69) is 5.32 Å². The first-order chi connectivity index (χ1) is 7.78. The zero-order chi connectivity index (χ0) is 13.1. The number of anilines is 1. The Morgan fingerprint density at radius 3 is 2.71 bits per heavy atom. The maximum atomic E-state index is 11.4. The van der Waals surface area contributed by atoms with E-state index < -0.39 is 11.6 Å². The molecule has 1 aromatic carbocycles. The van der Waals surface area contributed by atoms with Crippen molar-refractivity contribution in [1.82, 2.24) is 0 Å². The lowest BCUT2D eigenvalue weighted by Gasteiger charge is -2.18. The van der Waals surface area contributed by atoms with Crippen molar-refractivity contribution in [2.45, 2.75) is 26.3 Å². The van der Waals surface area contributed by atoms with E-state index >= 15 is 0 Å². The molecule has 0 aliphatic carbocycles. The smallest absolute Gasteiger partial charge is 0.411 e. The van der Waals surface area contributed by atoms with Crippen LogP contribution < -0.4 is 11.1 Å². The van der Waals surface area contributed by atoms with E-state index in [0.717, 1.165) is 5.56 Å². The predicted octanol–water partition coefficient (Wildman–Crippen LogP) is 2.93.